The van der Waals surface area contributed by atoms with E-state index in [9.17, 15) is 4.79 Å². The van der Waals surface area contributed by atoms with Gasteiger partial charge < -0.3 is 9.64 Å². The Morgan fingerprint density at radius 2 is 2.15 bits per heavy atom. The molecule has 4 nitrogen and oxygen atoms in total. The highest BCUT2D eigenvalue weighted by Gasteiger charge is 2.28. The van der Waals surface area contributed by atoms with Crippen LogP contribution in [0.2, 0.25) is 0 Å². The summed E-state index contributed by atoms with van der Waals surface area (Å²) < 4.78 is 5.51. The highest BCUT2D eigenvalue weighted by atomic mass is 16.5. The van der Waals surface area contributed by atoms with Gasteiger partial charge in [0.25, 0.3) is 0 Å². The Morgan fingerprint density at radius 1 is 1.30 bits per heavy atom. The number of benzene rings is 1. The van der Waals surface area contributed by atoms with E-state index in [2.05, 4.69) is 23.9 Å². The number of Topliss-reactive ketones (excluding diaryl/α,β-unsaturated/α-hetero) is 1. The second-order valence-electron chi connectivity index (χ2n) is 5.90. The smallest absolute Gasteiger partial charge is 0.181 e. The molecule has 1 aromatic carbocycles. The van der Waals surface area contributed by atoms with Gasteiger partial charge in [0, 0.05) is 18.5 Å². The van der Waals surface area contributed by atoms with E-state index in [-0.39, 0.29) is 11.8 Å². The normalized spacial score (nSPS) is 24.0. The lowest BCUT2D eigenvalue weighted by atomic mass is 10.00. The molecule has 0 aliphatic carbocycles. The average Bonchev–Trinajstić information content (AvgIpc) is 2.84. The van der Waals surface area contributed by atoms with E-state index in [0.717, 1.165) is 50.4 Å². The maximum Gasteiger partial charge on any atom is 0.181 e. The lowest BCUT2D eigenvalue weighted by Gasteiger charge is -2.26. The SMILES string of the molecule is CN1CCCN(C)C(C(=O)c2ccc3c(c2)CCO3)C1. The van der Waals surface area contributed by atoms with Crippen molar-refractivity contribution < 1.29 is 9.53 Å². The summed E-state index contributed by atoms with van der Waals surface area (Å²) in [4.78, 5) is 17.2. The van der Waals surface area contributed by atoms with Gasteiger partial charge >= 0.3 is 0 Å². The molecule has 1 unspecified atom stereocenters. The Labute approximate surface area is 120 Å². The van der Waals surface area contributed by atoms with Crippen LogP contribution in [0.4, 0.5) is 0 Å². The van der Waals surface area contributed by atoms with Crippen LogP contribution in [0, 0.1) is 0 Å². The molecule has 0 saturated carbocycles. The molecule has 3 rings (SSSR count). The first-order chi connectivity index (χ1) is 9.65. The van der Waals surface area contributed by atoms with E-state index in [1.807, 2.05) is 18.2 Å². The molecule has 0 aromatic heterocycles. The number of ketones is 1. The molecule has 1 atom stereocenters. The number of carbonyl (C=O) groups excluding carboxylic acids is 1. The number of ether oxygens (including phenoxy) is 1. The van der Waals surface area contributed by atoms with E-state index >= 15 is 0 Å². The van der Waals surface area contributed by atoms with Crippen LogP contribution in [0.5, 0.6) is 5.75 Å². The predicted molar refractivity (Wildman–Crippen MR) is 78.5 cm³/mol. The lowest BCUT2D eigenvalue weighted by Crippen LogP contribution is -2.43. The Kier molecular flexibility index (Phi) is 3.76. The van der Waals surface area contributed by atoms with Crippen molar-refractivity contribution in [1.82, 2.24) is 9.80 Å². The number of fused-ring (bicyclic) bond motifs is 1. The topological polar surface area (TPSA) is 32.8 Å². The highest BCUT2D eigenvalue weighted by molar-refractivity contribution is 6.00. The minimum absolute atomic E-state index is 0.0390. The summed E-state index contributed by atoms with van der Waals surface area (Å²) in [5.74, 6) is 1.17. The molecule has 2 aliphatic heterocycles. The predicted octanol–water partition coefficient (Wildman–Crippen LogP) is 1.44. The number of rotatable bonds is 2. The van der Waals surface area contributed by atoms with Crippen molar-refractivity contribution >= 4 is 5.78 Å². The maximum atomic E-state index is 12.8. The lowest BCUT2D eigenvalue weighted by molar-refractivity contribution is 0.0839. The third kappa shape index (κ3) is 2.58. The molecule has 20 heavy (non-hydrogen) atoms. The molecular weight excluding hydrogens is 252 g/mol. The van der Waals surface area contributed by atoms with Crippen LogP contribution in [0.3, 0.4) is 0 Å². The molecule has 1 saturated heterocycles. The van der Waals surface area contributed by atoms with Gasteiger partial charge in [-0.05, 0) is 57.4 Å². The fraction of sp³-hybridized carbons (Fsp3) is 0.562. The molecule has 0 N–H and O–H groups in total. The Bertz CT molecular complexity index is 515. The number of likely N-dealkylation sites (N-methyl/N-ethyl adjacent to an activating group) is 2. The number of hydrogen-bond donors (Lipinski definition) is 0. The van der Waals surface area contributed by atoms with Crippen molar-refractivity contribution in [2.24, 2.45) is 0 Å². The van der Waals surface area contributed by atoms with Crippen LogP contribution < -0.4 is 4.74 Å². The first kappa shape index (κ1) is 13.6. The fourth-order valence-corrected chi connectivity index (χ4v) is 3.09. The van der Waals surface area contributed by atoms with Crippen LogP contribution in [-0.4, -0.2) is 62.0 Å². The van der Waals surface area contributed by atoms with Crippen molar-refractivity contribution in [1.29, 1.82) is 0 Å². The molecule has 108 valence electrons. The Morgan fingerprint density at radius 3 is 3.00 bits per heavy atom. The Hall–Kier alpha value is -1.39. The van der Waals surface area contributed by atoms with Crippen molar-refractivity contribution in [2.75, 3.05) is 40.3 Å². The molecule has 0 radical (unpaired) electrons. The first-order valence-electron chi connectivity index (χ1n) is 7.34. The summed E-state index contributed by atoms with van der Waals surface area (Å²) in [6.45, 7) is 3.59. The quantitative estimate of drug-likeness (QED) is 0.764. The monoisotopic (exact) mass is 274 g/mol. The summed E-state index contributed by atoms with van der Waals surface area (Å²) in [6.07, 6.45) is 2.03. The van der Waals surface area contributed by atoms with E-state index in [1.165, 1.54) is 5.56 Å². The molecule has 1 aromatic rings. The van der Waals surface area contributed by atoms with Crippen molar-refractivity contribution in [3.8, 4) is 5.75 Å². The van der Waals surface area contributed by atoms with Crippen molar-refractivity contribution in [2.45, 2.75) is 18.9 Å². The third-order valence-electron chi connectivity index (χ3n) is 4.34. The van der Waals surface area contributed by atoms with Gasteiger partial charge in [-0.1, -0.05) is 0 Å². The maximum absolute atomic E-state index is 12.8. The van der Waals surface area contributed by atoms with Gasteiger partial charge in [-0.15, -0.1) is 0 Å². The second kappa shape index (κ2) is 5.54. The summed E-state index contributed by atoms with van der Waals surface area (Å²) in [7, 11) is 4.15. The van der Waals surface area contributed by atoms with Gasteiger partial charge in [0.2, 0.25) is 0 Å². The average molecular weight is 274 g/mol. The molecule has 4 heteroatoms. The molecule has 0 amide bonds. The van der Waals surface area contributed by atoms with Gasteiger partial charge in [-0.3, -0.25) is 9.69 Å². The second-order valence-corrected chi connectivity index (χ2v) is 5.90. The van der Waals surface area contributed by atoms with Gasteiger partial charge in [-0.25, -0.2) is 0 Å². The third-order valence-corrected chi connectivity index (χ3v) is 4.34. The zero-order chi connectivity index (χ0) is 14.1. The van der Waals surface area contributed by atoms with Crippen LogP contribution in [0.25, 0.3) is 0 Å². The van der Waals surface area contributed by atoms with Gasteiger partial charge in [0.15, 0.2) is 5.78 Å². The zero-order valence-corrected chi connectivity index (χ0v) is 12.3. The zero-order valence-electron chi connectivity index (χ0n) is 12.3. The molecule has 0 bridgehead atoms. The van der Waals surface area contributed by atoms with Gasteiger partial charge in [0.1, 0.15) is 5.75 Å². The molecule has 2 heterocycles. The number of hydrogen-bond acceptors (Lipinski definition) is 4. The van der Waals surface area contributed by atoms with Crippen LogP contribution in [0.15, 0.2) is 18.2 Å². The van der Waals surface area contributed by atoms with Gasteiger partial charge in [-0.2, -0.15) is 0 Å². The Balaban J connectivity index is 1.83. The van der Waals surface area contributed by atoms with Crippen molar-refractivity contribution in [3.63, 3.8) is 0 Å². The highest BCUT2D eigenvalue weighted by Crippen LogP contribution is 2.26. The van der Waals surface area contributed by atoms with E-state index in [4.69, 9.17) is 4.74 Å². The minimum atomic E-state index is -0.0390. The summed E-state index contributed by atoms with van der Waals surface area (Å²) in [5, 5.41) is 0. The summed E-state index contributed by atoms with van der Waals surface area (Å²) in [6, 6.07) is 5.83. The van der Waals surface area contributed by atoms with Crippen LogP contribution in [-0.2, 0) is 6.42 Å². The largest absolute Gasteiger partial charge is 0.493 e. The van der Waals surface area contributed by atoms with Gasteiger partial charge in [0.05, 0.1) is 12.6 Å². The molecule has 2 aliphatic rings. The number of nitrogens with zero attached hydrogens (tertiary/aromatic N) is 2. The molecule has 0 spiro atoms. The van der Waals surface area contributed by atoms with E-state index in [0.29, 0.717) is 0 Å². The summed E-state index contributed by atoms with van der Waals surface area (Å²) in [5.41, 5.74) is 1.99. The first-order valence-corrected chi connectivity index (χ1v) is 7.34. The van der Waals surface area contributed by atoms with Crippen LogP contribution >= 0.6 is 0 Å². The minimum Gasteiger partial charge on any atom is -0.493 e. The van der Waals surface area contributed by atoms with Crippen molar-refractivity contribution in [3.05, 3.63) is 29.3 Å². The van der Waals surface area contributed by atoms with E-state index in [1.54, 1.807) is 0 Å². The molecule has 1 fully saturated rings. The summed E-state index contributed by atoms with van der Waals surface area (Å²) >= 11 is 0. The van der Waals surface area contributed by atoms with E-state index < -0.39 is 0 Å². The number of carbonyl (C=O) groups is 1. The van der Waals surface area contributed by atoms with Crippen LogP contribution in [0.1, 0.15) is 22.3 Å². The fourth-order valence-electron chi connectivity index (χ4n) is 3.09. The standard InChI is InChI=1S/C16H22N2O2/c1-17-7-3-8-18(2)14(11-17)16(19)13-4-5-15-12(10-13)6-9-20-15/h4-5,10,14H,3,6-9,11H2,1-2H3. The molecular formula is C16H22N2O2.